The molecular formula is C18H27N4O6+. The van der Waals surface area contributed by atoms with E-state index >= 15 is 0 Å². The number of carbonyl (C=O) groups is 4. The van der Waals surface area contributed by atoms with Crippen molar-refractivity contribution in [3.05, 3.63) is 17.5 Å². The molecule has 0 bridgehead atoms. The van der Waals surface area contributed by atoms with Gasteiger partial charge in [-0.15, -0.1) is 0 Å². The summed E-state index contributed by atoms with van der Waals surface area (Å²) in [5.74, 6) is -2.28. The third-order valence-corrected chi connectivity index (χ3v) is 4.48. The predicted octanol–water partition coefficient (Wildman–Crippen LogP) is -0.311. The summed E-state index contributed by atoms with van der Waals surface area (Å²) in [6.07, 6.45) is 1.66. The van der Waals surface area contributed by atoms with Crippen LogP contribution in [0.4, 0.5) is 0 Å². The van der Waals surface area contributed by atoms with E-state index in [0.29, 0.717) is 51.2 Å². The summed E-state index contributed by atoms with van der Waals surface area (Å²) in [6.45, 7) is 5.21. The Labute approximate surface area is 162 Å². The molecule has 0 aliphatic carbocycles. The molecule has 10 heteroatoms. The lowest BCUT2D eigenvalue weighted by Gasteiger charge is -2.27. The summed E-state index contributed by atoms with van der Waals surface area (Å²) in [4.78, 5) is 48.7. The number of rotatable bonds is 10. The van der Waals surface area contributed by atoms with Crippen LogP contribution in [-0.2, 0) is 20.9 Å². The number of nitrogens with zero attached hydrogens (tertiary/aromatic N) is 3. The number of aromatic nitrogens is 2. The summed E-state index contributed by atoms with van der Waals surface area (Å²) in [6, 6.07) is 1.44. The Morgan fingerprint density at radius 2 is 2.07 bits per heavy atom. The maximum Gasteiger partial charge on any atom is 0.520 e. The molecule has 28 heavy (non-hydrogen) atoms. The van der Waals surface area contributed by atoms with Crippen LogP contribution in [-0.4, -0.2) is 69.8 Å². The van der Waals surface area contributed by atoms with Gasteiger partial charge in [-0.1, -0.05) is 0 Å². The molecule has 1 aliphatic rings. The van der Waals surface area contributed by atoms with Gasteiger partial charge in [0.05, 0.1) is 13.2 Å². The number of hydrogen-bond donors (Lipinski definition) is 1. The maximum atomic E-state index is 12.6. The van der Waals surface area contributed by atoms with Crippen molar-refractivity contribution in [1.82, 2.24) is 20.0 Å². The lowest BCUT2D eigenvalue weighted by atomic mass is 10.2. The number of unbranched alkanes of at least 4 members (excludes halogenated alkanes) is 1. The zero-order valence-corrected chi connectivity index (χ0v) is 16.2. The van der Waals surface area contributed by atoms with Crippen molar-refractivity contribution in [2.24, 2.45) is 5.92 Å². The molecule has 0 saturated heterocycles. The first kappa shape index (κ1) is 21.4. The van der Waals surface area contributed by atoms with Crippen molar-refractivity contribution in [3.8, 4) is 0 Å². The van der Waals surface area contributed by atoms with Crippen molar-refractivity contribution in [3.63, 3.8) is 0 Å². The molecule has 0 fully saturated rings. The lowest BCUT2D eigenvalue weighted by molar-refractivity contribution is -0.143. The molecular weight excluding hydrogens is 368 g/mol. The number of amides is 2. The van der Waals surface area contributed by atoms with Crippen LogP contribution in [0.15, 0.2) is 6.07 Å². The van der Waals surface area contributed by atoms with E-state index in [4.69, 9.17) is 9.84 Å². The Balaban J connectivity index is 1.88. The number of carbonyl (C=O) groups excluding carboxylic acids is 4. The first-order valence-corrected chi connectivity index (χ1v) is 9.39. The second kappa shape index (κ2) is 9.86. The van der Waals surface area contributed by atoms with Crippen molar-refractivity contribution in [1.29, 1.82) is 0 Å². The van der Waals surface area contributed by atoms with Gasteiger partial charge in [0.2, 0.25) is 0 Å². The Hall–Kier alpha value is -2.91. The smallest absolute Gasteiger partial charge is 0.520 e. The van der Waals surface area contributed by atoms with Gasteiger partial charge in [0.15, 0.2) is 5.69 Å². The second-order valence-corrected chi connectivity index (χ2v) is 6.67. The fourth-order valence-electron chi connectivity index (χ4n) is 2.80. The molecule has 1 aromatic rings. The van der Waals surface area contributed by atoms with E-state index in [1.54, 1.807) is 18.7 Å². The molecule has 3 N–H and O–H groups in total. The topological polar surface area (TPSA) is 134 Å². The van der Waals surface area contributed by atoms with Crippen LogP contribution in [0.1, 0.15) is 54.1 Å². The van der Waals surface area contributed by atoms with E-state index in [-0.39, 0.29) is 24.1 Å². The predicted molar refractivity (Wildman–Crippen MR) is 98.7 cm³/mol. The summed E-state index contributed by atoms with van der Waals surface area (Å²) in [5.41, 5.74) is 0.448. The van der Waals surface area contributed by atoms with E-state index < -0.39 is 17.8 Å². The molecule has 0 spiro atoms. The number of hydrogen-bond acceptors (Lipinski definition) is 6. The minimum atomic E-state index is -0.752. The SMILES string of the molecule is CCOC(=O)CCCCN1CCn2nc(C(=O)NC[C@H](C)C(=O)[OH2+])cc2C1=O. The monoisotopic (exact) mass is 395 g/mol. The zero-order chi connectivity index (χ0) is 20.7. The van der Waals surface area contributed by atoms with Gasteiger partial charge in [-0.05, 0) is 26.7 Å². The normalized spacial score (nSPS) is 14.4. The Morgan fingerprint density at radius 1 is 1.32 bits per heavy atom. The van der Waals surface area contributed by atoms with Crippen LogP contribution in [0, 0.1) is 5.92 Å². The average Bonchev–Trinajstić information content (AvgIpc) is 3.10. The van der Waals surface area contributed by atoms with Gasteiger partial charge >= 0.3 is 11.9 Å². The molecule has 0 radical (unpaired) electrons. The highest BCUT2D eigenvalue weighted by atomic mass is 16.5. The first-order valence-electron chi connectivity index (χ1n) is 9.39. The highest BCUT2D eigenvalue weighted by Gasteiger charge is 2.28. The van der Waals surface area contributed by atoms with Gasteiger partial charge in [-0.3, -0.25) is 19.1 Å². The number of fused-ring (bicyclic) bond motifs is 1. The second-order valence-electron chi connectivity index (χ2n) is 6.67. The number of esters is 1. The van der Waals surface area contributed by atoms with Crippen LogP contribution in [0.5, 0.6) is 0 Å². The highest BCUT2D eigenvalue weighted by molar-refractivity contribution is 5.98. The largest absolute Gasteiger partial charge is 0.564 e. The van der Waals surface area contributed by atoms with Crippen LogP contribution in [0.3, 0.4) is 0 Å². The zero-order valence-electron chi connectivity index (χ0n) is 16.2. The molecule has 0 aromatic carbocycles. The summed E-state index contributed by atoms with van der Waals surface area (Å²) < 4.78 is 6.38. The number of ether oxygens (including phenoxy) is 1. The van der Waals surface area contributed by atoms with Crippen LogP contribution in [0.25, 0.3) is 0 Å². The first-order chi connectivity index (χ1) is 13.3. The Bertz CT molecular complexity index is 744. The fraction of sp³-hybridized carbons (Fsp3) is 0.611. The molecule has 154 valence electrons. The third-order valence-electron chi connectivity index (χ3n) is 4.48. The summed E-state index contributed by atoms with van der Waals surface area (Å²) >= 11 is 0. The maximum absolute atomic E-state index is 12.6. The standard InChI is InChI=1S/C18H26N4O6/c1-3-28-15(23)6-4-5-7-21-8-9-22-14(17(21)25)10-13(20-22)16(24)19-11-12(2)18(26)27/h10,12H,3-9,11H2,1-2H3,(H,19,24)(H,26,27)/p+1/t12-/m0/s1. The van der Waals surface area contributed by atoms with E-state index in [0.717, 1.165) is 0 Å². The van der Waals surface area contributed by atoms with Crippen LogP contribution in [0.2, 0.25) is 0 Å². The average molecular weight is 395 g/mol. The van der Waals surface area contributed by atoms with Gasteiger partial charge in [-0.2, -0.15) is 5.10 Å². The fourth-order valence-corrected chi connectivity index (χ4v) is 2.80. The van der Waals surface area contributed by atoms with E-state index in [9.17, 15) is 19.2 Å². The summed E-state index contributed by atoms with van der Waals surface area (Å²) in [7, 11) is 0. The van der Waals surface area contributed by atoms with Gasteiger partial charge in [-0.25, -0.2) is 0 Å². The molecule has 2 rings (SSSR count). The highest BCUT2D eigenvalue weighted by Crippen LogP contribution is 2.15. The van der Waals surface area contributed by atoms with E-state index in [1.165, 1.54) is 10.7 Å². The molecule has 0 saturated carbocycles. The molecule has 1 aliphatic heterocycles. The van der Waals surface area contributed by atoms with Gasteiger partial charge < -0.3 is 20.1 Å². The minimum absolute atomic E-state index is 0.0455. The van der Waals surface area contributed by atoms with Gasteiger partial charge in [0.25, 0.3) is 11.8 Å². The lowest BCUT2D eigenvalue weighted by Crippen LogP contribution is -2.40. The van der Waals surface area contributed by atoms with E-state index in [2.05, 4.69) is 10.4 Å². The molecule has 10 nitrogen and oxygen atoms in total. The molecule has 1 atom stereocenters. The van der Waals surface area contributed by atoms with Crippen molar-refractivity contribution in [2.45, 2.75) is 39.7 Å². The van der Waals surface area contributed by atoms with Crippen molar-refractivity contribution in [2.75, 3.05) is 26.2 Å². The molecule has 0 unspecified atom stereocenters. The number of nitrogens with one attached hydrogen (secondary N) is 1. The quantitative estimate of drug-likeness (QED) is 0.328. The molecule has 2 heterocycles. The van der Waals surface area contributed by atoms with E-state index in [1.807, 2.05) is 0 Å². The van der Waals surface area contributed by atoms with Crippen molar-refractivity contribution >= 4 is 23.8 Å². The minimum Gasteiger partial charge on any atom is -0.564 e. The van der Waals surface area contributed by atoms with Gasteiger partial charge in [0.1, 0.15) is 11.6 Å². The molecule has 1 aromatic heterocycles. The van der Waals surface area contributed by atoms with Crippen molar-refractivity contribution < 1.29 is 29.0 Å². The Kier molecular flexibility index (Phi) is 7.53. The summed E-state index contributed by atoms with van der Waals surface area (Å²) in [5, 5.41) is 13.7. The van der Waals surface area contributed by atoms with Crippen LogP contribution < -0.4 is 5.32 Å². The third kappa shape index (κ3) is 5.54. The Morgan fingerprint density at radius 3 is 2.75 bits per heavy atom. The van der Waals surface area contributed by atoms with Crippen LogP contribution >= 0.6 is 0 Å². The van der Waals surface area contributed by atoms with Gasteiger partial charge in [0, 0.05) is 36.9 Å². The molecule has 2 amide bonds.